The van der Waals surface area contributed by atoms with Crippen molar-refractivity contribution in [1.82, 2.24) is 9.88 Å². The molecular formula is C12H18N2O4. The number of ether oxygens (including phenoxy) is 2. The van der Waals surface area contributed by atoms with Crippen LogP contribution in [0.15, 0.2) is 23.1 Å². The zero-order chi connectivity index (χ0) is 13.7. The molecule has 1 unspecified atom stereocenters. The maximum atomic E-state index is 11.9. The van der Waals surface area contributed by atoms with Gasteiger partial charge in [0.05, 0.1) is 6.04 Å². The lowest BCUT2D eigenvalue weighted by Gasteiger charge is -2.22. The minimum Gasteiger partial charge on any atom is -0.354 e. The van der Waals surface area contributed by atoms with Crippen LogP contribution in [0.25, 0.3) is 0 Å². The van der Waals surface area contributed by atoms with E-state index in [-0.39, 0.29) is 17.5 Å². The molecule has 0 aliphatic carbocycles. The van der Waals surface area contributed by atoms with Crippen molar-refractivity contribution in [3.05, 3.63) is 34.2 Å². The zero-order valence-electron chi connectivity index (χ0n) is 11.0. The largest absolute Gasteiger partial charge is 0.354 e. The molecule has 0 spiro atoms. The van der Waals surface area contributed by atoms with E-state index >= 15 is 0 Å². The topological polar surface area (TPSA) is 69.6 Å². The van der Waals surface area contributed by atoms with Crippen molar-refractivity contribution in [3.8, 4) is 0 Å². The highest BCUT2D eigenvalue weighted by atomic mass is 16.7. The van der Waals surface area contributed by atoms with Crippen molar-refractivity contribution in [1.29, 1.82) is 0 Å². The highest BCUT2D eigenvalue weighted by Gasteiger charge is 2.18. The number of rotatable bonds is 5. The molecule has 100 valence electrons. The number of hydrogen-bond acceptors (Lipinski definition) is 4. The van der Waals surface area contributed by atoms with Crippen molar-refractivity contribution < 1.29 is 14.3 Å². The van der Waals surface area contributed by atoms with E-state index in [1.165, 1.54) is 24.9 Å². The Morgan fingerprint density at radius 3 is 2.50 bits per heavy atom. The summed E-state index contributed by atoms with van der Waals surface area (Å²) in [7, 11) is 4.61. The standard InChI is InChI=1S/C12H18N2O4/c1-8(12(17-3)18-4)13-11(16)9-5-6-14(2)10(15)7-9/h5-8,12H,1-4H3,(H,13,16). The fraction of sp³-hybridized carbons (Fsp3) is 0.500. The molecule has 1 heterocycles. The van der Waals surface area contributed by atoms with Crippen LogP contribution in [-0.4, -0.2) is 37.0 Å². The first-order valence-electron chi connectivity index (χ1n) is 5.52. The third-order valence-corrected chi connectivity index (χ3v) is 2.60. The van der Waals surface area contributed by atoms with Gasteiger partial charge < -0.3 is 19.4 Å². The molecule has 0 saturated heterocycles. The minimum atomic E-state index is -0.527. The van der Waals surface area contributed by atoms with Gasteiger partial charge in [0.15, 0.2) is 6.29 Å². The van der Waals surface area contributed by atoms with Gasteiger partial charge in [-0.25, -0.2) is 0 Å². The number of aromatic nitrogens is 1. The van der Waals surface area contributed by atoms with Gasteiger partial charge in [-0.1, -0.05) is 0 Å². The molecule has 1 aromatic rings. The highest BCUT2D eigenvalue weighted by molar-refractivity contribution is 5.94. The molecule has 1 N–H and O–H groups in total. The first kappa shape index (κ1) is 14.4. The molecule has 18 heavy (non-hydrogen) atoms. The zero-order valence-corrected chi connectivity index (χ0v) is 11.0. The van der Waals surface area contributed by atoms with Crippen LogP contribution in [0, 0.1) is 0 Å². The van der Waals surface area contributed by atoms with Crippen LogP contribution in [-0.2, 0) is 16.5 Å². The number of nitrogens with one attached hydrogen (secondary N) is 1. The summed E-state index contributed by atoms with van der Waals surface area (Å²) >= 11 is 0. The fourth-order valence-electron chi connectivity index (χ4n) is 1.55. The van der Waals surface area contributed by atoms with E-state index in [0.717, 1.165) is 0 Å². The lowest BCUT2D eigenvalue weighted by molar-refractivity contribution is -0.117. The van der Waals surface area contributed by atoms with Gasteiger partial charge in [0.25, 0.3) is 11.5 Å². The molecule has 0 radical (unpaired) electrons. The normalized spacial score (nSPS) is 12.5. The number of hydrogen-bond donors (Lipinski definition) is 1. The summed E-state index contributed by atoms with van der Waals surface area (Å²) < 4.78 is 11.5. The molecular weight excluding hydrogens is 236 g/mol. The Balaban J connectivity index is 2.76. The van der Waals surface area contributed by atoms with E-state index in [0.29, 0.717) is 5.56 Å². The van der Waals surface area contributed by atoms with E-state index in [1.54, 1.807) is 26.2 Å². The third-order valence-electron chi connectivity index (χ3n) is 2.60. The summed E-state index contributed by atoms with van der Waals surface area (Å²) in [4.78, 5) is 23.3. The van der Waals surface area contributed by atoms with Crippen molar-refractivity contribution in [2.45, 2.75) is 19.3 Å². The Morgan fingerprint density at radius 2 is 2.00 bits per heavy atom. The molecule has 6 nitrogen and oxygen atoms in total. The van der Waals surface area contributed by atoms with Gasteiger partial charge in [-0.15, -0.1) is 0 Å². The second-order valence-corrected chi connectivity index (χ2v) is 3.97. The van der Waals surface area contributed by atoms with Gasteiger partial charge in [0.1, 0.15) is 0 Å². The molecule has 6 heteroatoms. The smallest absolute Gasteiger partial charge is 0.251 e. The average molecular weight is 254 g/mol. The number of carbonyl (C=O) groups is 1. The Bertz CT molecular complexity index is 465. The molecule has 1 rings (SSSR count). The number of nitrogens with zero attached hydrogens (tertiary/aromatic N) is 1. The number of carbonyl (C=O) groups excluding carboxylic acids is 1. The van der Waals surface area contributed by atoms with Gasteiger partial charge in [0.2, 0.25) is 0 Å². The van der Waals surface area contributed by atoms with Gasteiger partial charge >= 0.3 is 0 Å². The number of amides is 1. The van der Waals surface area contributed by atoms with Gasteiger partial charge in [0, 0.05) is 39.1 Å². The maximum Gasteiger partial charge on any atom is 0.251 e. The Hall–Kier alpha value is -1.66. The number of methoxy groups -OCH3 is 2. The van der Waals surface area contributed by atoms with Crippen LogP contribution in [0.1, 0.15) is 17.3 Å². The molecule has 1 aromatic heterocycles. The van der Waals surface area contributed by atoms with Crippen molar-refractivity contribution in [3.63, 3.8) is 0 Å². The highest BCUT2D eigenvalue weighted by Crippen LogP contribution is 2.01. The van der Waals surface area contributed by atoms with Crippen LogP contribution >= 0.6 is 0 Å². The molecule has 1 amide bonds. The quantitative estimate of drug-likeness (QED) is 0.758. The minimum absolute atomic E-state index is 0.231. The molecule has 0 aromatic carbocycles. The number of pyridine rings is 1. The second kappa shape index (κ2) is 6.32. The van der Waals surface area contributed by atoms with E-state index in [1.807, 2.05) is 0 Å². The Kier molecular flexibility index (Phi) is 5.06. The Morgan fingerprint density at radius 1 is 1.39 bits per heavy atom. The summed E-state index contributed by atoms with van der Waals surface area (Å²) in [6, 6.07) is 2.55. The predicted molar refractivity (Wildman–Crippen MR) is 66.4 cm³/mol. The SMILES string of the molecule is COC(OC)C(C)NC(=O)c1ccn(C)c(=O)c1. The first-order chi connectivity index (χ1) is 8.49. The summed E-state index contributed by atoms with van der Waals surface area (Å²) in [5.74, 6) is -0.334. The lowest BCUT2D eigenvalue weighted by Crippen LogP contribution is -2.43. The second-order valence-electron chi connectivity index (χ2n) is 3.97. The van der Waals surface area contributed by atoms with Crippen molar-refractivity contribution in [2.75, 3.05) is 14.2 Å². The molecule has 0 bridgehead atoms. The van der Waals surface area contributed by atoms with E-state index in [2.05, 4.69) is 5.32 Å². The monoisotopic (exact) mass is 254 g/mol. The van der Waals surface area contributed by atoms with E-state index in [9.17, 15) is 9.59 Å². The molecule has 0 saturated carbocycles. The summed E-state index contributed by atoms with van der Waals surface area (Å²) in [6.07, 6.45) is 1.02. The van der Waals surface area contributed by atoms with E-state index < -0.39 is 6.29 Å². The summed E-state index contributed by atoms with van der Waals surface area (Å²) in [5, 5.41) is 2.71. The van der Waals surface area contributed by atoms with Gasteiger partial charge in [-0.3, -0.25) is 9.59 Å². The molecule has 1 atom stereocenters. The van der Waals surface area contributed by atoms with Crippen LogP contribution in [0.5, 0.6) is 0 Å². The van der Waals surface area contributed by atoms with Crippen LogP contribution in [0.2, 0.25) is 0 Å². The lowest BCUT2D eigenvalue weighted by atomic mass is 10.2. The predicted octanol–water partition coefficient (Wildman–Crippen LogP) is 0.122. The fourth-order valence-corrected chi connectivity index (χ4v) is 1.55. The maximum absolute atomic E-state index is 11.9. The van der Waals surface area contributed by atoms with Gasteiger partial charge in [-0.05, 0) is 13.0 Å². The Labute approximate surface area is 106 Å². The average Bonchev–Trinajstić information content (AvgIpc) is 2.34. The number of aryl methyl sites for hydroxylation is 1. The third kappa shape index (κ3) is 3.41. The van der Waals surface area contributed by atoms with Crippen molar-refractivity contribution >= 4 is 5.91 Å². The molecule has 0 aliphatic rings. The van der Waals surface area contributed by atoms with Crippen molar-refractivity contribution in [2.24, 2.45) is 7.05 Å². The van der Waals surface area contributed by atoms with Crippen LogP contribution in [0.4, 0.5) is 0 Å². The van der Waals surface area contributed by atoms with E-state index in [4.69, 9.17) is 9.47 Å². The molecule has 0 fully saturated rings. The van der Waals surface area contributed by atoms with Crippen LogP contribution < -0.4 is 10.9 Å². The molecule has 0 aliphatic heterocycles. The van der Waals surface area contributed by atoms with Crippen LogP contribution in [0.3, 0.4) is 0 Å². The summed E-state index contributed by atoms with van der Waals surface area (Å²) in [6.45, 7) is 1.76. The first-order valence-corrected chi connectivity index (χ1v) is 5.52. The summed E-state index contributed by atoms with van der Waals surface area (Å²) in [5.41, 5.74) is 0.0845. The van der Waals surface area contributed by atoms with Gasteiger partial charge in [-0.2, -0.15) is 0 Å².